The normalized spacial score (nSPS) is 11.0. The minimum atomic E-state index is -0.230. The Kier molecular flexibility index (Phi) is 4.18. The Hall–Kier alpha value is -3.48. The third-order valence-corrected chi connectivity index (χ3v) is 4.02. The third kappa shape index (κ3) is 3.46. The van der Waals surface area contributed by atoms with Gasteiger partial charge < -0.3 is 9.73 Å². The van der Waals surface area contributed by atoms with Crippen molar-refractivity contribution in [3.8, 4) is 0 Å². The van der Waals surface area contributed by atoms with Crippen molar-refractivity contribution in [3.63, 3.8) is 0 Å². The average molecular weight is 347 g/mol. The van der Waals surface area contributed by atoms with E-state index < -0.39 is 0 Å². The number of amides is 1. The summed E-state index contributed by atoms with van der Waals surface area (Å²) in [6, 6.07) is 10.9. The molecule has 0 spiro atoms. The van der Waals surface area contributed by atoms with Crippen molar-refractivity contribution < 1.29 is 9.21 Å². The van der Waals surface area contributed by atoms with Crippen LogP contribution in [-0.4, -0.2) is 25.7 Å². The zero-order valence-corrected chi connectivity index (χ0v) is 14.2. The van der Waals surface area contributed by atoms with Crippen molar-refractivity contribution in [1.29, 1.82) is 0 Å². The summed E-state index contributed by atoms with van der Waals surface area (Å²) in [7, 11) is 0. The fraction of sp³-hybridized carbons (Fsp3) is 0.158. The van der Waals surface area contributed by atoms with E-state index in [1.54, 1.807) is 48.3 Å². The van der Waals surface area contributed by atoms with Crippen LogP contribution in [0.1, 0.15) is 21.8 Å². The number of aryl methyl sites for hydroxylation is 3. The predicted molar refractivity (Wildman–Crippen MR) is 96.9 cm³/mol. The van der Waals surface area contributed by atoms with Crippen molar-refractivity contribution in [2.24, 2.45) is 0 Å². The molecule has 3 heterocycles. The van der Waals surface area contributed by atoms with Crippen molar-refractivity contribution in [1.82, 2.24) is 19.7 Å². The molecule has 0 unspecified atom stereocenters. The van der Waals surface area contributed by atoms with Crippen molar-refractivity contribution in [2.45, 2.75) is 19.9 Å². The molecule has 4 aromatic rings. The van der Waals surface area contributed by atoms with Crippen LogP contribution in [0.25, 0.3) is 11.1 Å². The maximum Gasteiger partial charge on any atom is 0.256 e. The van der Waals surface area contributed by atoms with Gasteiger partial charge in [-0.05, 0) is 42.3 Å². The number of pyridine rings is 1. The molecule has 26 heavy (non-hydrogen) atoms. The van der Waals surface area contributed by atoms with E-state index in [2.05, 4.69) is 20.4 Å². The van der Waals surface area contributed by atoms with Gasteiger partial charge in [-0.2, -0.15) is 5.10 Å². The lowest BCUT2D eigenvalue weighted by Gasteiger charge is -2.03. The number of nitrogens with one attached hydrogen (secondary N) is 1. The topological polar surface area (TPSA) is 85.8 Å². The molecule has 0 radical (unpaired) electrons. The molecule has 4 rings (SSSR count). The second kappa shape index (κ2) is 6.79. The lowest BCUT2D eigenvalue weighted by molar-refractivity contribution is 0.102. The number of anilines is 1. The first-order chi connectivity index (χ1) is 12.7. The fourth-order valence-corrected chi connectivity index (χ4v) is 2.72. The number of aromatic nitrogens is 4. The Morgan fingerprint density at radius 3 is 2.88 bits per heavy atom. The fourth-order valence-electron chi connectivity index (χ4n) is 2.72. The standard InChI is InChI=1S/C19H17N5O2/c1-13-21-16-12-15(2-3-17(16)26-13)19(25)22-18-7-11-24(23-18)10-6-14-4-8-20-9-5-14/h2-5,7-9,11-12H,6,10H2,1H3,(H,22,23,25). The maximum atomic E-state index is 12.4. The summed E-state index contributed by atoms with van der Waals surface area (Å²) < 4.78 is 7.23. The van der Waals surface area contributed by atoms with Crippen LogP contribution < -0.4 is 5.32 Å². The van der Waals surface area contributed by atoms with Gasteiger partial charge in [-0.3, -0.25) is 14.5 Å². The van der Waals surface area contributed by atoms with Crippen LogP contribution in [0.2, 0.25) is 0 Å². The maximum absolute atomic E-state index is 12.4. The number of carbonyl (C=O) groups excluding carboxylic acids is 1. The molecule has 3 aromatic heterocycles. The molecule has 1 amide bonds. The van der Waals surface area contributed by atoms with Gasteiger partial charge in [-0.25, -0.2) is 4.98 Å². The number of hydrogen-bond acceptors (Lipinski definition) is 5. The molecule has 7 heteroatoms. The molecule has 0 aliphatic heterocycles. The minimum Gasteiger partial charge on any atom is -0.441 e. The molecule has 1 N–H and O–H groups in total. The summed E-state index contributed by atoms with van der Waals surface area (Å²) in [5.41, 5.74) is 3.03. The van der Waals surface area contributed by atoms with Crippen LogP contribution in [-0.2, 0) is 13.0 Å². The van der Waals surface area contributed by atoms with E-state index in [4.69, 9.17) is 4.42 Å². The molecule has 0 bridgehead atoms. The third-order valence-electron chi connectivity index (χ3n) is 4.02. The molecule has 130 valence electrons. The van der Waals surface area contributed by atoms with Gasteiger partial charge in [0.05, 0.1) is 0 Å². The predicted octanol–water partition coefficient (Wildman–Crippen LogP) is 3.22. The first kappa shape index (κ1) is 16.0. The summed E-state index contributed by atoms with van der Waals surface area (Å²) in [5, 5.41) is 7.20. The second-order valence-corrected chi connectivity index (χ2v) is 5.94. The Morgan fingerprint density at radius 1 is 1.19 bits per heavy atom. The Balaban J connectivity index is 1.41. The highest BCUT2D eigenvalue weighted by atomic mass is 16.3. The molecule has 0 fully saturated rings. The van der Waals surface area contributed by atoms with E-state index >= 15 is 0 Å². The van der Waals surface area contributed by atoms with Crippen LogP contribution in [0.5, 0.6) is 0 Å². The van der Waals surface area contributed by atoms with Crippen LogP contribution >= 0.6 is 0 Å². The lowest BCUT2D eigenvalue weighted by atomic mass is 10.2. The van der Waals surface area contributed by atoms with Crippen LogP contribution in [0.15, 0.2) is 59.4 Å². The van der Waals surface area contributed by atoms with Gasteiger partial charge in [0.1, 0.15) is 5.52 Å². The number of fused-ring (bicyclic) bond motifs is 1. The molecular formula is C19H17N5O2. The number of oxazole rings is 1. The van der Waals surface area contributed by atoms with E-state index in [0.29, 0.717) is 28.4 Å². The first-order valence-corrected chi connectivity index (χ1v) is 8.28. The molecular weight excluding hydrogens is 330 g/mol. The number of nitrogens with zero attached hydrogens (tertiary/aromatic N) is 4. The van der Waals surface area contributed by atoms with Gasteiger partial charge in [0, 0.05) is 43.7 Å². The minimum absolute atomic E-state index is 0.230. The largest absolute Gasteiger partial charge is 0.441 e. The highest BCUT2D eigenvalue weighted by molar-refractivity contribution is 6.05. The van der Waals surface area contributed by atoms with Crippen LogP contribution in [0.3, 0.4) is 0 Å². The Labute approximate surface area is 149 Å². The second-order valence-electron chi connectivity index (χ2n) is 5.94. The van der Waals surface area contributed by atoms with Gasteiger partial charge in [0.15, 0.2) is 17.3 Å². The summed E-state index contributed by atoms with van der Waals surface area (Å²) in [6.07, 6.45) is 6.25. The SMILES string of the molecule is Cc1nc2cc(C(=O)Nc3ccn(CCc4ccncc4)n3)ccc2o1. The quantitative estimate of drug-likeness (QED) is 0.599. The van der Waals surface area contributed by atoms with E-state index in [1.807, 2.05) is 18.3 Å². The molecule has 0 aliphatic carbocycles. The van der Waals surface area contributed by atoms with Crippen molar-refractivity contribution in [2.75, 3.05) is 5.32 Å². The highest BCUT2D eigenvalue weighted by Crippen LogP contribution is 2.17. The zero-order chi connectivity index (χ0) is 17.9. The summed E-state index contributed by atoms with van der Waals surface area (Å²) in [5.74, 6) is 0.860. The summed E-state index contributed by atoms with van der Waals surface area (Å²) in [6.45, 7) is 2.50. The first-order valence-electron chi connectivity index (χ1n) is 8.28. The lowest BCUT2D eigenvalue weighted by Crippen LogP contribution is -2.13. The van der Waals surface area contributed by atoms with Crippen molar-refractivity contribution in [3.05, 3.63) is 72.0 Å². The van der Waals surface area contributed by atoms with Crippen LogP contribution in [0.4, 0.5) is 5.82 Å². The van der Waals surface area contributed by atoms with Crippen LogP contribution in [0, 0.1) is 6.92 Å². The van der Waals surface area contributed by atoms with E-state index in [0.717, 1.165) is 13.0 Å². The molecule has 0 aliphatic rings. The Morgan fingerprint density at radius 2 is 2.04 bits per heavy atom. The number of carbonyl (C=O) groups is 1. The van der Waals surface area contributed by atoms with Gasteiger partial charge in [0.25, 0.3) is 5.91 Å². The molecule has 0 saturated carbocycles. The number of hydrogen-bond donors (Lipinski definition) is 1. The smallest absolute Gasteiger partial charge is 0.256 e. The van der Waals surface area contributed by atoms with E-state index in [-0.39, 0.29) is 5.91 Å². The molecule has 7 nitrogen and oxygen atoms in total. The molecule has 0 atom stereocenters. The summed E-state index contributed by atoms with van der Waals surface area (Å²) in [4.78, 5) is 20.7. The van der Waals surface area contributed by atoms with Gasteiger partial charge in [-0.15, -0.1) is 0 Å². The van der Waals surface area contributed by atoms with Gasteiger partial charge in [0.2, 0.25) is 0 Å². The molecule has 0 saturated heterocycles. The van der Waals surface area contributed by atoms with Gasteiger partial charge >= 0.3 is 0 Å². The Bertz CT molecular complexity index is 1050. The van der Waals surface area contributed by atoms with E-state index in [1.165, 1.54) is 5.56 Å². The highest BCUT2D eigenvalue weighted by Gasteiger charge is 2.11. The van der Waals surface area contributed by atoms with E-state index in [9.17, 15) is 4.79 Å². The zero-order valence-electron chi connectivity index (χ0n) is 14.2. The average Bonchev–Trinajstić information content (AvgIpc) is 3.25. The summed E-state index contributed by atoms with van der Waals surface area (Å²) >= 11 is 0. The van der Waals surface area contributed by atoms with Gasteiger partial charge in [-0.1, -0.05) is 0 Å². The monoisotopic (exact) mass is 347 g/mol. The number of rotatable bonds is 5. The molecule has 1 aromatic carbocycles. The number of benzene rings is 1. The van der Waals surface area contributed by atoms with Crippen molar-refractivity contribution >= 4 is 22.8 Å².